The van der Waals surface area contributed by atoms with Gasteiger partial charge in [0.1, 0.15) is 17.2 Å². The van der Waals surface area contributed by atoms with Gasteiger partial charge in [-0.25, -0.2) is 4.98 Å². The van der Waals surface area contributed by atoms with Gasteiger partial charge < -0.3 is 19.5 Å². The van der Waals surface area contributed by atoms with Gasteiger partial charge in [0.15, 0.2) is 5.82 Å². The second kappa shape index (κ2) is 9.06. The van der Waals surface area contributed by atoms with Crippen molar-refractivity contribution in [1.29, 1.82) is 0 Å². The van der Waals surface area contributed by atoms with Crippen molar-refractivity contribution in [3.05, 3.63) is 46.1 Å². The second-order valence-electron chi connectivity index (χ2n) is 6.63. The molecule has 0 bridgehead atoms. The SMILES string of the molecule is COCc1nc(OC)c2c(C)c(C(=O)NC(C)c3ccc(OC(F)(F)F)cc3)sc2n1. The summed E-state index contributed by atoms with van der Waals surface area (Å²) in [5.74, 6) is 0.138. The van der Waals surface area contributed by atoms with Crippen LogP contribution in [0.3, 0.4) is 0 Å². The van der Waals surface area contributed by atoms with E-state index >= 15 is 0 Å². The number of nitrogens with one attached hydrogen (secondary N) is 1. The zero-order chi connectivity index (χ0) is 22.8. The maximum absolute atomic E-state index is 12.9. The van der Waals surface area contributed by atoms with Crippen LogP contribution in [-0.4, -0.2) is 36.5 Å². The molecule has 0 saturated carbocycles. The Labute approximate surface area is 180 Å². The molecule has 1 unspecified atom stereocenters. The van der Waals surface area contributed by atoms with E-state index in [1.807, 2.05) is 0 Å². The van der Waals surface area contributed by atoms with Crippen LogP contribution in [0.5, 0.6) is 11.6 Å². The Balaban J connectivity index is 1.82. The molecule has 0 aliphatic rings. The van der Waals surface area contributed by atoms with Crippen molar-refractivity contribution >= 4 is 27.5 Å². The van der Waals surface area contributed by atoms with E-state index in [0.717, 1.165) is 0 Å². The predicted octanol–water partition coefficient (Wildman–Crippen LogP) is 4.54. The highest BCUT2D eigenvalue weighted by atomic mass is 32.1. The monoisotopic (exact) mass is 455 g/mol. The van der Waals surface area contributed by atoms with E-state index < -0.39 is 12.4 Å². The first-order valence-electron chi connectivity index (χ1n) is 9.12. The highest BCUT2D eigenvalue weighted by Gasteiger charge is 2.31. The van der Waals surface area contributed by atoms with Crippen LogP contribution >= 0.6 is 11.3 Å². The summed E-state index contributed by atoms with van der Waals surface area (Å²) >= 11 is 1.20. The highest BCUT2D eigenvalue weighted by molar-refractivity contribution is 7.20. The molecule has 1 N–H and O–H groups in total. The molecule has 7 nitrogen and oxygen atoms in total. The van der Waals surface area contributed by atoms with Crippen molar-refractivity contribution < 1.29 is 32.2 Å². The fourth-order valence-electron chi connectivity index (χ4n) is 3.01. The molecule has 31 heavy (non-hydrogen) atoms. The number of rotatable bonds is 7. The molecule has 2 heterocycles. The fourth-order valence-corrected chi connectivity index (χ4v) is 4.10. The van der Waals surface area contributed by atoms with Gasteiger partial charge in [0.2, 0.25) is 5.88 Å². The second-order valence-corrected chi connectivity index (χ2v) is 7.63. The molecule has 1 aromatic carbocycles. The summed E-state index contributed by atoms with van der Waals surface area (Å²) in [4.78, 5) is 22.7. The number of aryl methyl sites for hydroxylation is 1. The number of hydrogen-bond acceptors (Lipinski definition) is 7. The molecule has 11 heteroatoms. The van der Waals surface area contributed by atoms with E-state index in [1.165, 1.54) is 49.8 Å². The molecule has 0 fully saturated rings. The summed E-state index contributed by atoms with van der Waals surface area (Å²) in [5.41, 5.74) is 1.31. The van der Waals surface area contributed by atoms with E-state index in [0.29, 0.717) is 37.9 Å². The number of ether oxygens (including phenoxy) is 3. The quantitative estimate of drug-likeness (QED) is 0.563. The van der Waals surface area contributed by atoms with Crippen LogP contribution in [0.25, 0.3) is 10.2 Å². The third kappa shape index (κ3) is 5.23. The maximum Gasteiger partial charge on any atom is 0.573 e. The average molecular weight is 455 g/mol. The molecule has 3 aromatic rings. The first-order valence-corrected chi connectivity index (χ1v) is 9.94. The van der Waals surface area contributed by atoms with Gasteiger partial charge in [-0.15, -0.1) is 24.5 Å². The molecule has 0 aliphatic carbocycles. The summed E-state index contributed by atoms with van der Waals surface area (Å²) in [6, 6.07) is 4.89. The van der Waals surface area contributed by atoms with Gasteiger partial charge in [-0.1, -0.05) is 12.1 Å². The molecular weight excluding hydrogens is 435 g/mol. The predicted molar refractivity (Wildman–Crippen MR) is 108 cm³/mol. The van der Waals surface area contributed by atoms with Gasteiger partial charge in [0, 0.05) is 7.11 Å². The van der Waals surface area contributed by atoms with Crippen molar-refractivity contribution in [2.45, 2.75) is 32.9 Å². The average Bonchev–Trinajstić information content (AvgIpc) is 3.03. The molecule has 0 spiro atoms. The number of halogens is 3. The van der Waals surface area contributed by atoms with Gasteiger partial charge in [-0.2, -0.15) is 4.98 Å². The minimum atomic E-state index is -4.76. The first-order chi connectivity index (χ1) is 14.6. The normalized spacial score (nSPS) is 12.6. The molecule has 0 radical (unpaired) electrons. The maximum atomic E-state index is 12.9. The zero-order valence-electron chi connectivity index (χ0n) is 17.2. The largest absolute Gasteiger partial charge is 0.573 e. The van der Waals surface area contributed by atoms with Crippen LogP contribution in [0, 0.1) is 6.92 Å². The van der Waals surface area contributed by atoms with Crippen LogP contribution < -0.4 is 14.8 Å². The number of aromatic nitrogens is 2. The number of benzene rings is 1. The van der Waals surface area contributed by atoms with Crippen LogP contribution in [0.4, 0.5) is 13.2 Å². The Kier molecular flexibility index (Phi) is 6.65. The summed E-state index contributed by atoms with van der Waals surface area (Å²) < 4.78 is 51.2. The number of carbonyl (C=O) groups excluding carboxylic acids is 1. The number of thiophene rings is 1. The van der Waals surface area contributed by atoms with Gasteiger partial charge >= 0.3 is 6.36 Å². The third-order valence-electron chi connectivity index (χ3n) is 4.44. The Morgan fingerprint density at radius 2 is 1.87 bits per heavy atom. The number of nitrogens with zero attached hydrogens (tertiary/aromatic N) is 2. The fraction of sp³-hybridized carbons (Fsp3) is 0.350. The lowest BCUT2D eigenvalue weighted by Crippen LogP contribution is -2.26. The van der Waals surface area contributed by atoms with Crippen LogP contribution in [0.2, 0.25) is 0 Å². The Morgan fingerprint density at radius 1 is 1.19 bits per heavy atom. The molecule has 1 amide bonds. The summed E-state index contributed by atoms with van der Waals surface area (Å²) in [6.07, 6.45) is -4.76. The summed E-state index contributed by atoms with van der Waals surface area (Å²) in [7, 11) is 3.02. The lowest BCUT2D eigenvalue weighted by Gasteiger charge is -2.15. The first kappa shape index (κ1) is 22.8. The summed E-state index contributed by atoms with van der Waals surface area (Å²) in [6.45, 7) is 3.72. The molecule has 166 valence electrons. The number of carbonyl (C=O) groups is 1. The molecule has 2 aromatic heterocycles. The van der Waals surface area contributed by atoms with E-state index in [2.05, 4.69) is 20.0 Å². The molecule has 1 atom stereocenters. The van der Waals surface area contributed by atoms with Gasteiger partial charge in [-0.05, 0) is 37.1 Å². The smallest absolute Gasteiger partial charge is 0.480 e. The minimum Gasteiger partial charge on any atom is -0.480 e. The van der Waals surface area contributed by atoms with Crippen LogP contribution in [0.15, 0.2) is 24.3 Å². The van der Waals surface area contributed by atoms with Crippen molar-refractivity contribution in [3.8, 4) is 11.6 Å². The van der Waals surface area contributed by atoms with Crippen LogP contribution in [-0.2, 0) is 11.3 Å². The molecular formula is C20H20F3N3O4S. The van der Waals surface area contributed by atoms with Crippen molar-refractivity contribution in [1.82, 2.24) is 15.3 Å². The van der Waals surface area contributed by atoms with E-state index in [1.54, 1.807) is 13.8 Å². The number of alkyl halides is 3. The van der Waals surface area contributed by atoms with Crippen molar-refractivity contribution in [2.75, 3.05) is 14.2 Å². The van der Waals surface area contributed by atoms with Crippen molar-refractivity contribution in [3.63, 3.8) is 0 Å². The van der Waals surface area contributed by atoms with E-state index in [4.69, 9.17) is 9.47 Å². The van der Waals surface area contributed by atoms with E-state index in [9.17, 15) is 18.0 Å². The number of amides is 1. The topological polar surface area (TPSA) is 82.6 Å². The lowest BCUT2D eigenvalue weighted by atomic mass is 10.1. The zero-order valence-corrected chi connectivity index (χ0v) is 18.0. The van der Waals surface area contributed by atoms with E-state index in [-0.39, 0.29) is 18.3 Å². The molecule has 0 saturated heterocycles. The number of hydrogen-bond donors (Lipinski definition) is 1. The molecule has 3 rings (SSSR count). The third-order valence-corrected chi connectivity index (χ3v) is 5.62. The van der Waals surface area contributed by atoms with Gasteiger partial charge in [0.05, 0.1) is 23.4 Å². The van der Waals surface area contributed by atoms with Gasteiger partial charge in [-0.3, -0.25) is 4.79 Å². The standard InChI is InChI=1S/C20H20F3N3O4S/c1-10-15-18(29-4)25-14(9-28-3)26-19(15)31-16(10)17(27)24-11(2)12-5-7-13(8-6-12)30-20(21,22)23/h5-8,11H,9H2,1-4H3,(H,24,27). The Bertz CT molecular complexity index is 1080. The van der Waals surface area contributed by atoms with Crippen molar-refractivity contribution in [2.24, 2.45) is 0 Å². The Morgan fingerprint density at radius 3 is 2.45 bits per heavy atom. The minimum absolute atomic E-state index is 0.204. The van der Waals surface area contributed by atoms with Crippen LogP contribution in [0.1, 0.15) is 39.6 Å². The number of methoxy groups -OCH3 is 2. The lowest BCUT2D eigenvalue weighted by molar-refractivity contribution is -0.274. The Hall–Kier alpha value is -2.92. The highest BCUT2D eigenvalue weighted by Crippen LogP contribution is 2.35. The van der Waals surface area contributed by atoms with Gasteiger partial charge in [0.25, 0.3) is 5.91 Å². The number of fused-ring (bicyclic) bond motifs is 1. The summed E-state index contributed by atoms with van der Waals surface area (Å²) in [5, 5.41) is 3.51. The molecule has 0 aliphatic heterocycles.